The number of carbonyl (C=O) groups excluding carboxylic acids is 2. The van der Waals surface area contributed by atoms with Crippen molar-refractivity contribution in [3.8, 4) is 11.5 Å². The number of methoxy groups -OCH3 is 1. The first-order valence-electron chi connectivity index (χ1n) is 8.55. The zero-order valence-electron chi connectivity index (χ0n) is 15.9. The maximum Gasteiger partial charge on any atom is 0.315 e. The Bertz CT molecular complexity index is 608. The lowest BCUT2D eigenvalue weighted by atomic mass is 10.1. The molecule has 26 heavy (non-hydrogen) atoms. The van der Waals surface area contributed by atoms with Gasteiger partial charge in [0.2, 0.25) is 5.91 Å². The second-order valence-electron chi connectivity index (χ2n) is 6.11. The Morgan fingerprint density at radius 3 is 2.31 bits per heavy atom. The summed E-state index contributed by atoms with van der Waals surface area (Å²) in [6.45, 7) is 7.96. The van der Waals surface area contributed by atoms with Gasteiger partial charge in [0.25, 0.3) is 0 Å². The van der Waals surface area contributed by atoms with Crippen LogP contribution in [0.15, 0.2) is 18.2 Å². The Morgan fingerprint density at radius 1 is 1.08 bits per heavy atom. The lowest BCUT2D eigenvalue weighted by Gasteiger charge is -2.18. The first-order valence-corrected chi connectivity index (χ1v) is 8.99. The van der Waals surface area contributed by atoms with Gasteiger partial charge in [-0.3, -0.25) is 4.79 Å². The van der Waals surface area contributed by atoms with Gasteiger partial charge in [0, 0.05) is 13.1 Å². The molecule has 0 fully saturated rings. The Kier molecular flexibility index (Phi) is 9.05. The topological polar surface area (TPSA) is 88.7 Å². The van der Waals surface area contributed by atoms with E-state index in [4.69, 9.17) is 21.1 Å². The standard InChI is InChI=1S/C18H28ClN3O4/c1-11(2)26-15-7-6-14(10-16(15)25-5)13(4)22-18(24)21-9-8-20-17(23)12(3)19/h6-7,10-13H,8-9H2,1-5H3,(H,20,23)(H2,21,22,24)/t12-,13-/m0/s1. The van der Waals surface area contributed by atoms with Gasteiger partial charge in [0.05, 0.1) is 19.3 Å². The average molecular weight is 386 g/mol. The van der Waals surface area contributed by atoms with Crippen molar-refractivity contribution in [1.29, 1.82) is 0 Å². The summed E-state index contributed by atoms with van der Waals surface area (Å²) in [6.07, 6.45) is 0.0401. The van der Waals surface area contributed by atoms with Crippen LogP contribution >= 0.6 is 11.6 Å². The largest absolute Gasteiger partial charge is 0.493 e. The highest BCUT2D eigenvalue weighted by Gasteiger charge is 2.14. The van der Waals surface area contributed by atoms with E-state index in [0.29, 0.717) is 24.6 Å². The van der Waals surface area contributed by atoms with E-state index in [-0.39, 0.29) is 24.1 Å². The molecule has 7 nitrogen and oxygen atoms in total. The van der Waals surface area contributed by atoms with Gasteiger partial charge in [-0.25, -0.2) is 4.79 Å². The summed E-state index contributed by atoms with van der Waals surface area (Å²) in [5.41, 5.74) is 0.886. The number of alkyl halides is 1. The van der Waals surface area contributed by atoms with E-state index in [0.717, 1.165) is 5.56 Å². The Hall–Kier alpha value is -2.15. The molecule has 8 heteroatoms. The highest BCUT2D eigenvalue weighted by Crippen LogP contribution is 2.31. The van der Waals surface area contributed by atoms with Crippen molar-refractivity contribution < 1.29 is 19.1 Å². The van der Waals surface area contributed by atoms with E-state index in [1.807, 2.05) is 39.0 Å². The van der Waals surface area contributed by atoms with Crippen LogP contribution in [0.3, 0.4) is 0 Å². The Labute approximate surface area is 159 Å². The highest BCUT2D eigenvalue weighted by molar-refractivity contribution is 6.30. The van der Waals surface area contributed by atoms with Crippen LogP contribution in [0.25, 0.3) is 0 Å². The molecule has 0 aromatic heterocycles. The number of halogens is 1. The SMILES string of the molecule is COc1cc([C@H](C)NC(=O)NCCNC(=O)[C@H](C)Cl)ccc1OC(C)C. The highest BCUT2D eigenvalue weighted by atomic mass is 35.5. The van der Waals surface area contributed by atoms with Crippen molar-refractivity contribution in [2.75, 3.05) is 20.2 Å². The van der Waals surface area contributed by atoms with Gasteiger partial charge in [-0.05, 0) is 45.4 Å². The van der Waals surface area contributed by atoms with Gasteiger partial charge in [0.1, 0.15) is 5.38 Å². The summed E-state index contributed by atoms with van der Waals surface area (Å²) in [4.78, 5) is 23.3. The number of rotatable bonds is 9. The number of amides is 3. The number of hydrogen-bond donors (Lipinski definition) is 3. The molecule has 146 valence electrons. The van der Waals surface area contributed by atoms with Gasteiger partial charge in [-0.1, -0.05) is 6.07 Å². The van der Waals surface area contributed by atoms with Gasteiger partial charge >= 0.3 is 6.03 Å². The molecule has 0 saturated heterocycles. The maximum absolute atomic E-state index is 12.0. The first-order chi connectivity index (χ1) is 12.2. The molecule has 0 heterocycles. The van der Waals surface area contributed by atoms with E-state index >= 15 is 0 Å². The second-order valence-corrected chi connectivity index (χ2v) is 6.76. The van der Waals surface area contributed by atoms with E-state index < -0.39 is 5.38 Å². The predicted molar refractivity (Wildman–Crippen MR) is 102 cm³/mol. The van der Waals surface area contributed by atoms with Crippen LogP contribution in [0, 0.1) is 0 Å². The van der Waals surface area contributed by atoms with E-state index in [1.165, 1.54) is 0 Å². The van der Waals surface area contributed by atoms with Crippen molar-refractivity contribution in [3.05, 3.63) is 23.8 Å². The van der Waals surface area contributed by atoms with Crippen molar-refractivity contribution in [2.24, 2.45) is 0 Å². The molecule has 0 aliphatic carbocycles. The van der Waals surface area contributed by atoms with E-state index in [1.54, 1.807) is 14.0 Å². The lowest BCUT2D eigenvalue weighted by molar-refractivity contribution is -0.120. The van der Waals surface area contributed by atoms with E-state index in [2.05, 4.69) is 16.0 Å². The van der Waals surface area contributed by atoms with Crippen LogP contribution in [-0.2, 0) is 4.79 Å². The zero-order valence-corrected chi connectivity index (χ0v) is 16.6. The zero-order chi connectivity index (χ0) is 19.7. The fraction of sp³-hybridized carbons (Fsp3) is 0.556. The molecule has 0 saturated carbocycles. The molecule has 0 radical (unpaired) electrons. The monoisotopic (exact) mass is 385 g/mol. The fourth-order valence-corrected chi connectivity index (χ4v) is 2.22. The molecule has 1 aromatic carbocycles. The van der Waals surface area contributed by atoms with Gasteiger partial charge in [0.15, 0.2) is 11.5 Å². The predicted octanol–water partition coefficient (Wildman–Crippen LogP) is 2.59. The summed E-state index contributed by atoms with van der Waals surface area (Å²) in [5, 5.41) is 7.53. The van der Waals surface area contributed by atoms with Crippen molar-refractivity contribution in [3.63, 3.8) is 0 Å². The summed E-state index contributed by atoms with van der Waals surface area (Å²) in [7, 11) is 1.58. The second kappa shape index (κ2) is 10.8. The van der Waals surface area contributed by atoms with Crippen LogP contribution < -0.4 is 25.4 Å². The smallest absolute Gasteiger partial charge is 0.315 e. The summed E-state index contributed by atoms with van der Waals surface area (Å²) in [5.74, 6) is 1.01. The van der Waals surface area contributed by atoms with E-state index in [9.17, 15) is 9.59 Å². The molecule has 3 N–H and O–H groups in total. The van der Waals surface area contributed by atoms with Crippen LogP contribution in [0.4, 0.5) is 4.79 Å². The number of hydrogen-bond acceptors (Lipinski definition) is 4. The average Bonchev–Trinajstić information content (AvgIpc) is 2.58. The van der Waals surface area contributed by atoms with Crippen LogP contribution in [0.2, 0.25) is 0 Å². The molecular weight excluding hydrogens is 358 g/mol. The van der Waals surface area contributed by atoms with Crippen LogP contribution in [0.5, 0.6) is 11.5 Å². The quantitative estimate of drug-likeness (QED) is 0.450. The Balaban J connectivity index is 2.52. The molecular formula is C18H28ClN3O4. The van der Waals surface area contributed by atoms with Crippen molar-refractivity contribution in [1.82, 2.24) is 16.0 Å². The summed E-state index contributed by atoms with van der Waals surface area (Å²) >= 11 is 5.64. The molecule has 0 spiro atoms. The minimum absolute atomic E-state index is 0.0401. The fourth-order valence-electron chi connectivity index (χ4n) is 2.14. The van der Waals surface area contributed by atoms with Crippen molar-refractivity contribution >= 4 is 23.5 Å². The third kappa shape index (κ3) is 7.39. The van der Waals surface area contributed by atoms with Crippen molar-refractivity contribution in [2.45, 2.75) is 45.2 Å². The Morgan fingerprint density at radius 2 is 1.73 bits per heavy atom. The molecule has 1 rings (SSSR count). The van der Waals surface area contributed by atoms with Gasteiger partial charge < -0.3 is 25.4 Å². The number of carbonyl (C=O) groups is 2. The molecule has 1 aromatic rings. The van der Waals surface area contributed by atoms with Crippen LogP contribution in [0.1, 0.15) is 39.3 Å². The third-order valence-corrected chi connectivity index (χ3v) is 3.67. The normalized spacial score (nSPS) is 12.9. The number of benzene rings is 1. The third-order valence-electron chi connectivity index (χ3n) is 3.47. The molecule has 0 aliphatic heterocycles. The van der Waals surface area contributed by atoms with Crippen LogP contribution in [-0.4, -0.2) is 43.6 Å². The molecule has 0 aliphatic rings. The molecule has 2 atom stereocenters. The summed E-state index contributed by atoms with van der Waals surface area (Å²) < 4.78 is 11.0. The lowest BCUT2D eigenvalue weighted by Crippen LogP contribution is -2.42. The van der Waals surface area contributed by atoms with Gasteiger partial charge in [-0.15, -0.1) is 11.6 Å². The maximum atomic E-state index is 12.0. The first kappa shape index (κ1) is 21.9. The number of urea groups is 1. The molecule has 0 bridgehead atoms. The number of ether oxygens (including phenoxy) is 2. The summed E-state index contributed by atoms with van der Waals surface area (Å²) in [6, 6.07) is 4.99. The molecule has 3 amide bonds. The minimum atomic E-state index is -0.596. The molecule has 0 unspecified atom stereocenters. The number of nitrogens with one attached hydrogen (secondary N) is 3. The van der Waals surface area contributed by atoms with Gasteiger partial charge in [-0.2, -0.15) is 0 Å². The minimum Gasteiger partial charge on any atom is -0.493 e.